The van der Waals surface area contributed by atoms with Gasteiger partial charge in [0, 0.05) is 19.1 Å². The number of rotatable bonds is 2. The fourth-order valence-corrected chi connectivity index (χ4v) is 2.07. The molecule has 0 N–H and O–H groups in total. The van der Waals surface area contributed by atoms with E-state index in [2.05, 4.69) is 55.1 Å². The molecule has 1 heterocycles. The first-order valence-corrected chi connectivity index (χ1v) is 5.96. The van der Waals surface area contributed by atoms with Gasteiger partial charge >= 0.3 is 0 Å². The lowest BCUT2D eigenvalue weighted by atomic mass is 9.96. The third-order valence-electron chi connectivity index (χ3n) is 3.13. The van der Waals surface area contributed by atoms with E-state index in [0.29, 0.717) is 0 Å². The van der Waals surface area contributed by atoms with Gasteiger partial charge < -0.3 is 0 Å². The van der Waals surface area contributed by atoms with Gasteiger partial charge in [0.2, 0.25) is 5.69 Å². The van der Waals surface area contributed by atoms with E-state index in [1.165, 1.54) is 16.8 Å². The molecule has 1 aromatic carbocycles. The van der Waals surface area contributed by atoms with Crippen LogP contribution in [0.5, 0.6) is 0 Å². The lowest BCUT2D eigenvalue weighted by Crippen LogP contribution is -2.30. The van der Waals surface area contributed by atoms with Gasteiger partial charge in [0.25, 0.3) is 0 Å². The van der Waals surface area contributed by atoms with Crippen molar-refractivity contribution in [3.8, 4) is 11.3 Å². The molecule has 0 aliphatic heterocycles. The molecule has 0 radical (unpaired) electrons. The third-order valence-corrected chi connectivity index (χ3v) is 3.13. The highest BCUT2D eigenvalue weighted by molar-refractivity contribution is 5.61. The number of aryl methyl sites for hydroxylation is 2. The number of benzene rings is 1. The number of pyridine rings is 1. The van der Waals surface area contributed by atoms with E-state index in [1.807, 2.05) is 19.9 Å². The van der Waals surface area contributed by atoms with Crippen LogP contribution in [0, 0.1) is 6.92 Å². The lowest BCUT2D eigenvalue weighted by Gasteiger charge is -2.09. The van der Waals surface area contributed by atoms with Gasteiger partial charge in [0.15, 0.2) is 6.20 Å². The van der Waals surface area contributed by atoms with Crippen molar-refractivity contribution in [1.29, 1.82) is 0 Å². The normalized spacial score (nSPS) is 12.4. The number of aromatic nitrogens is 1. The molecule has 1 aromatic heterocycles. The molecule has 2 rings (SSSR count). The van der Waals surface area contributed by atoms with Crippen LogP contribution < -0.4 is 4.57 Å². The molecule has 17 heavy (non-hydrogen) atoms. The lowest BCUT2D eigenvalue weighted by molar-refractivity contribution is -0.660. The summed E-state index contributed by atoms with van der Waals surface area (Å²) >= 11 is 0. The van der Waals surface area contributed by atoms with E-state index >= 15 is 0 Å². The average Bonchev–Trinajstić information content (AvgIpc) is 2.29. The van der Waals surface area contributed by atoms with Gasteiger partial charge in [-0.1, -0.05) is 26.0 Å². The number of hydrogen-bond donors (Lipinski definition) is 0. The molecule has 0 saturated carbocycles. The Morgan fingerprint density at radius 2 is 1.94 bits per heavy atom. The minimum atomic E-state index is -0.540. The number of hydrogen-bond acceptors (Lipinski definition) is 0. The Balaban J connectivity index is 2.52. The van der Waals surface area contributed by atoms with Gasteiger partial charge in [-0.2, -0.15) is 0 Å². The molecule has 88 valence electrons. The molecule has 0 atom stereocenters. The minimum absolute atomic E-state index is 0.540. The molecular formula is C16H20N+. The second kappa shape index (κ2) is 4.70. The molecule has 0 amide bonds. The first-order valence-electron chi connectivity index (χ1n) is 6.46. The van der Waals surface area contributed by atoms with E-state index in [-0.39, 0.29) is 0 Å². The summed E-state index contributed by atoms with van der Waals surface area (Å²) in [6.07, 6.45) is 2.05. The molecule has 0 aliphatic carbocycles. The van der Waals surface area contributed by atoms with Crippen molar-refractivity contribution in [2.75, 3.05) is 0 Å². The van der Waals surface area contributed by atoms with E-state index in [0.717, 1.165) is 5.56 Å². The molecule has 1 heteroatoms. The van der Waals surface area contributed by atoms with Crippen LogP contribution in [0.2, 0.25) is 0 Å². The van der Waals surface area contributed by atoms with Crippen molar-refractivity contribution >= 4 is 0 Å². The Kier molecular flexibility index (Phi) is 2.91. The molecule has 0 spiro atoms. The van der Waals surface area contributed by atoms with E-state index in [9.17, 15) is 0 Å². The van der Waals surface area contributed by atoms with Crippen LogP contribution in [-0.4, -0.2) is 0 Å². The predicted molar refractivity (Wildman–Crippen MR) is 71.9 cm³/mol. The summed E-state index contributed by atoms with van der Waals surface area (Å²) in [6.45, 7) is 5.95. The zero-order chi connectivity index (χ0) is 13.3. The highest BCUT2D eigenvalue weighted by atomic mass is 14.9. The van der Waals surface area contributed by atoms with Crippen molar-refractivity contribution in [2.45, 2.75) is 26.7 Å². The maximum atomic E-state index is 8.08. The van der Waals surface area contributed by atoms with Crippen LogP contribution in [0.15, 0.2) is 42.6 Å². The van der Waals surface area contributed by atoms with Crippen LogP contribution in [0.25, 0.3) is 11.3 Å². The third kappa shape index (κ3) is 2.38. The Morgan fingerprint density at radius 1 is 1.18 bits per heavy atom. The largest absolute Gasteiger partial charge is 0.212 e. The van der Waals surface area contributed by atoms with Gasteiger partial charge in [-0.3, -0.25) is 0 Å². The Hall–Kier alpha value is -1.63. The molecular weight excluding hydrogens is 206 g/mol. The monoisotopic (exact) mass is 227 g/mol. The van der Waals surface area contributed by atoms with Crippen LogP contribution in [0.4, 0.5) is 0 Å². The SMILES string of the molecule is [2H]C(C)(C)c1ccc(-c2cccc[n+]2C)c(C)c1. The summed E-state index contributed by atoms with van der Waals surface area (Å²) in [7, 11) is 2.05. The van der Waals surface area contributed by atoms with Crippen molar-refractivity contribution in [3.63, 3.8) is 0 Å². The quantitative estimate of drug-likeness (QED) is 0.690. The zero-order valence-electron chi connectivity index (χ0n) is 12.0. The summed E-state index contributed by atoms with van der Waals surface area (Å²) in [4.78, 5) is 0. The topological polar surface area (TPSA) is 3.88 Å². The highest BCUT2D eigenvalue weighted by Crippen LogP contribution is 2.24. The molecule has 1 nitrogen and oxygen atoms in total. The fourth-order valence-electron chi connectivity index (χ4n) is 2.07. The van der Waals surface area contributed by atoms with Gasteiger partial charge in [-0.25, -0.2) is 4.57 Å². The van der Waals surface area contributed by atoms with Gasteiger partial charge in [0.1, 0.15) is 7.05 Å². The maximum absolute atomic E-state index is 8.08. The van der Waals surface area contributed by atoms with Crippen LogP contribution in [0.3, 0.4) is 0 Å². The smallest absolute Gasteiger partial charge is 0.201 e. The standard InChI is InChI=1S/C16H20N/c1-12(2)14-8-9-15(13(3)11-14)16-7-5-6-10-17(16)4/h5-12H,1-4H3/q+1/i12D. The van der Waals surface area contributed by atoms with Gasteiger partial charge in [-0.15, -0.1) is 0 Å². The summed E-state index contributed by atoms with van der Waals surface area (Å²) in [5, 5.41) is 0. The van der Waals surface area contributed by atoms with E-state index < -0.39 is 5.89 Å². The van der Waals surface area contributed by atoms with Crippen LogP contribution in [-0.2, 0) is 7.05 Å². The van der Waals surface area contributed by atoms with Crippen LogP contribution >= 0.6 is 0 Å². The molecule has 0 unspecified atom stereocenters. The Labute approximate surface area is 105 Å². The Morgan fingerprint density at radius 3 is 2.53 bits per heavy atom. The van der Waals surface area contributed by atoms with Gasteiger partial charge in [-0.05, 0) is 36.1 Å². The minimum Gasteiger partial charge on any atom is -0.201 e. The van der Waals surface area contributed by atoms with Crippen molar-refractivity contribution in [2.24, 2.45) is 7.05 Å². The summed E-state index contributed by atoms with van der Waals surface area (Å²) in [5.74, 6) is -0.540. The predicted octanol–water partition coefficient (Wildman–Crippen LogP) is 3.61. The zero-order valence-corrected chi connectivity index (χ0v) is 11.0. The first kappa shape index (κ1) is 10.5. The average molecular weight is 227 g/mol. The summed E-state index contributed by atoms with van der Waals surface area (Å²) in [6, 6.07) is 12.5. The molecule has 0 aliphatic rings. The molecule has 0 saturated heterocycles. The molecule has 0 bridgehead atoms. The summed E-state index contributed by atoms with van der Waals surface area (Å²) in [5.41, 5.74) is 4.70. The second-order valence-corrected chi connectivity index (χ2v) is 4.73. The highest BCUT2D eigenvalue weighted by Gasteiger charge is 2.11. The van der Waals surface area contributed by atoms with E-state index in [4.69, 9.17) is 1.37 Å². The van der Waals surface area contributed by atoms with E-state index in [1.54, 1.807) is 0 Å². The van der Waals surface area contributed by atoms with Crippen molar-refractivity contribution in [1.82, 2.24) is 0 Å². The van der Waals surface area contributed by atoms with Crippen LogP contribution in [0.1, 0.15) is 32.2 Å². The second-order valence-electron chi connectivity index (χ2n) is 4.73. The molecule has 2 aromatic rings. The maximum Gasteiger partial charge on any atom is 0.212 e. The first-order chi connectivity index (χ1) is 8.39. The van der Waals surface area contributed by atoms with Crippen molar-refractivity contribution < 1.29 is 5.94 Å². The van der Waals surface area contributed by atoms with Gasteiger partial charge in [0.05, 0.1) is 0 Å². The summed E-state index contributed by atoms with van der Waals surface area (Å²) < 4.78 is 10.2. The molecule has 0 fully saturated rings. The Bertz CT molecular complexity index is 568. The number of nitrogens with zero attached hydrogens (tertiary/aromatic N) is 1. The fraction of sp³-hybridized carbons (Fsp3) is 0.312. The van der Waals surface area contributed by atoms with Crippen molar-refractivity contribution in [3.05, 3.63) is 53.7 Å².